The highest BCUT2D eigenvalue weighted by atomic mass is 31.2. The molecule has 0 fully saturated rings. The lowest BCUT2D eigenvalue weighted by Gasteiger charge is -2.08. The quantitative estimate of drug-likeness (QED) is 0.264. The van der Waals surface area contributed by atoms with Gasteiger partial charge in [-0.15, -0.1) is 0 Å². The van der Waals surface area contributed by atoms with Crippen molar-refractivity contribution in [1.82, 2.24) is 5.32 Å². The molecule has 0 heterocycles. The molecule has 0 aromatic heterocycles. The van der Waals surface area contributed by atoms with E-state index < -0.39 is 8.38 Å². The van der Waals surface area contributed by atoms with Gasteiger partial charge >= 0.3 is 6.09 Å². The molecule has 0 aliphatic heterocycles. The van der Waals surface area contributed by atoms with Gasteiger partial charge in [-0.25, -0.2) is 4.79 Å². The molecule has 116 valence electrons. The Kier molecular flexibility index (Phi) is 13.6. The SMILES string of the molecule is C/C=C/C=C/OP(O)CCCCCCCNC(=O)OC. The Hall–Kier alpha value is -1.06. The Morgan fingerprint density at radius 3 is 2.60 bits per heavy atom. The average molecular weight is 303 g/mol. The van der Waals surface area contributed by atoms with Crippen LogP contribution in [0, 0.1) is 0 Å². The molecule has 6 heteroatoms. The molecular formula is C14H26NO4P. The van der Waals surface area contributed by atoms with Crippen molar-refractivity contribution in [2.75, 3.05) is 19.8 Å². The summed E-state index contributed by atoms with van der Waals surface area (Å²) in [4.78, 5) is 20.4. The number of alkyl carbamates (subject to hydrolysis) is 1. The van der Waals surface area contributed by atoms with Crippen LogP contribution in [0.15, 0.2) is 24.5 Å². The molecule has 1 amide bonds. The number of hydrogen-bond donors (Lipinski definition) is 2. The number of ether oxygens (including phenoxy) is 1. The van der Waals surface area contributed by atoms with Gasteiger partial charge in [0.25, 0.3) is 0 Å². The second-order valence-electron chi connectivity index (χ2n) is 4.22. The van der Waals surface area contributed by atoms with Gasteiger partial charge in [0, 0.05) is 12.7 Å². The molecular weight excluding hydrogens is 277 g/mol. The third-order valence-electron chi connectivity index (χ3n) is 2.55. The Morgan fingerprint density at radius 1 is 1.20 bits per heavy atom. The number of nitrogens with one attached hydrogen (secondary N) is 1. The highest BCUT2D eigenvalue weighted by Gasteiger charge is 2.03. The van der Waals surface area contributed by atoms with Crippen molar-refractivity contribution in [3.8, 4) is 0 Å². The molecule has 0 saturated carbocycles. The van der Waals surface area contributed by atoms with E-state index in [0.29, 0.717) is 12.7 Å². The van der Waals surface area contributed by atoms with E-state index in [-0.39, 0.29) is 6.09 Å². The van der Waals surface area contributed by atoms with Crippen molar-refractivity contribution >= 4 is 14.5 Å². The summed E-state index contributed by atoms with van der Waals surface area (Å²) in [7, 11) is 0.0295. The molecule has 0 bridgehead atoms. The summed E-state index contributed by atoms with van der Waals surface area (Å²) >= 11 is 0. The van der Waals surface area contributed by atoms with Crippen molar-refractivity contribution in [2.24, 2.45) is 0 Å². The van der Waals surface area contributed by atoms with E-state index in [1.54, 1.807) is 6.08 Å². The molecule has 0 aliphatic rings. The van der Waals surface area contributed by atoms with E-state index in [1.807, 2.05) is 19.1 Å². The van der Waals surface area contributed by atoms with Crippen molar-refractivity contribution in [3.63, 3.8) is 0 Å². The number of amides is 1. The first kappa shape index (κ1) is 18.9. The van der Waals surface area contributed by atoms with Crippen LogP contribution in [0.1, 0.15) is 39.0 Å². The fourth-order valence-electron chi connectivity index (χ4n) is 1.48. The standard InChI is InChI=1S/C14H26NO4P/c1-3-4-9-12-19-20(17)13-10-7-5-6-8-11-15-14(16)18-2/h3-4,9,12,17H,5-8,10-11,13H2,1-2H3,(H,15,16)/b4-3+,12-9+. The highest BCUT2D eigenvalue weighted by Crippen LogP contribution is 2.33. The largest absolute Gasteiger partial charge is 0.455 e. The Morgan fingerprint density at radius 2 is 1.90 bits per heavy atom. The lowest BCUT2D eigenvalue weighted by atomic mass is 10.1. The summed E-state index contributed by atoms with van der Waals surface area (Å²) in [5.41, 5.74) is 0. The zero-order valence-corrected chi connectivity index (χ0v) is 13.3. The van der Waals surface area contributed by atoms with Crippen molar-refractivity contribution < 1.29 is 18.9 Å². The van der Waals surface area contributed by atoms with E-state index in [0.717, 1.165) is 32.1 Å². The topological polar surface area (TPSA) is 67.8 Å². The third kappa shape index (κ3) is 13.4. The van der Waals surface area contributed by atoms with Crippen molar-refractivity contribution in [3.05, 3.63) is 24.5 Å². The predicted octanol–water partition coefficient (Wildman–Crippen LogP) is 3.70. The van der Waals surface area contributed by atoms with Gasteiger partial charge < -0.3 is 19.5 Å². The lowest BCUT2D eigenvalue weighted by molar-refractivity contribution is 0.171. The Balaban J connectivity index is 3.29. The van der Waals surface area contributed by atoms with Crippen LogP contribution in [0.5, 0.6) is 0 Å². The molecule has 0 aromatic rings. The molecule has 0 saturated heterocycles. The number of carbonyl (C=O) groups excluding carboxylic acids is 1. The smallest absolute Gasteiger partial charge is 0.406 e. The third-order valence-corrected chi connectivity index (χ3v) is 3.61. The van der Waals surface area contributed by atoms with Gasteiger partial charge in [0.15, 0.2) is 0 Å². The summed E-state index contributed by atoms with van der Waals surface area (Å²) in [6.07, 6.45) is 12.5. The maximum Gasteiger partial charge on any atom is 0.406 e. The first-order chi connectivity index (χ1) is 9.70. The van der Waals surface area contributed by atoms with Gasteiger partial charge in [0.1, 0.15) is 0 Å². The number of carbonyl (C=O) groups is 1. The minimum Gasteiger partial charge on any atom is -0.455 e. The fraction of sp³-hybridized carbons (Fsp3) is 0.643. The summed E-state index contributed by atoms with van der Waals surface area (Å²) < 4.78 is 9.62. The minimum atomic E-state index is -1.33. The maximum absolute atomic E-state index is 10.8. The summed E-state index contributed by atoms with van der Waals surface area (Å²) in [6, 6.07) is 0. The van der Waals surface area contributed by atoms with Gasteiger partial charge in [-0.2, -0.15) is 0 Å². The molecule has 0 spiro atoms. The Labute approximate surface area is 123 Å². The fourth-order valence-corrected chi connectivity index (χ4v) is 2.29. The lowest BCUT2D eigenvalue weighted by Crippen LogP contribution is -2.23. The maximum atomic E-state index is 10.8. The first-order valence-electron chi connectivity index (χ1n) is 6.93. The van der Waals surface area contributed by atoms with E-state index in [4.69, 9.17) is 4.52 Å². The van der Waals surface area contributed by atoms with Crippen LogP contribution in [-0.2, 0) is 9.26 Å². The molecule has 5 nitrogen and oxygen atoms in total. The second-order valence-corrected chi connectivity index (χ2v) is 5.58. The number of methoxy groups -OCH3 is 1. The zero-order valence-electron chi connectivity index (χ0n) is 12.4. The normalized spacial score (nSPS) is 12.8. The van der Waals surface area contributed by atoms with Crippen LogP contribution < -0.4 is 5.32 Å². The van der Waals surface area contributed by atoms with E-state index in [2.05, 4.69) is 10.1 Å². The molecule has 0 radical (unpaired) electrons. The van der Waals surface area contributed by atoms with E-state index in [1.165, 1.54) is 13.4 Å². The number of hydrogen-bond acceptors (Lipinski definition) is 4. The highest BCUT2D eigenvalue weighted by molar-refractivity contribution is 7.46. The van der Waals surface area contributed by atoms with Crippen LogP contribution in [0.2, 0.25) is 0 Å². The number of unbranched alkanes of at least 4 members (excludes halogenated alkanes) is 4. The first-order valence-corrected chi connectivity index (χ1v) is 8.33. The molecule has 1 atom stereocenters. The summed E-state index contributed by atoms with van der Waals surface area (Å²) in [5, 5.41) is 2.64. The van der Waals surface area contributed by atoms with Crippen LogP contribution in [-0.4, -0.2) is 30.8 Å². The van der Waals surface area contributed by atoms with E-state index >= 15 is 0 Å². The molecule has 20 heavy (non-hydrogen) atoms. The predicted molar refractivity (Wildman–Crippen MR) is 82.5 cm³/mol. The summed E-state index contributed by atoms with van der Waals surface area (Å²) in [6.45, 7) is 2.57. The summed E-state index contributed by atoms with van der Waals surface area (Å²) in [5.74, 6) is 0. The van der Waals surface area contributed by atoms with Crippen LogP contribution in [0.4, 0.5) is 4.79 Å². The van der Waals surface area contributed by atoms with Gasteiger partial charge in [0.2, 0.25) is 8.38 Å². The van der Waals surface area contributed by atoms with Crippen LogP contribution in [0.25, 0.3) is 0 Å². The monoisotopic (exact) mass is 303 g/mol. The molecule has 0 aliphatic carbocycles. The minimum absolute atomic E-state index is 0.376. The molecule has 0 rings (SSSR count). The van der Waals surface area contributed by atoms with Gasteiger partial charge in [0.05, 0.1) is 13.4 Å². The average Bonchev–Trinajstić information content (AvgIpc) is 2.46. The van der Waals surface area contributed by atoms with Crippen molar-refractivity contribution in [1.29, 1.82) is 0 Å². The molecule has 0 aromatic carbocycles. The van der Waals surface area contributed by atoms with Gasteiger partial charge in [-0.1, -0.05) is 31.4 Å². The van der Waals surface area contributed by atoms with E-state index in [9.17, 15) is 9.69 Å². The Bertz CT molecular complexity index is 295. The van der Waals surface area contributed by atoms with Gasteiger partial charge in [-0.05, 0) is 25.8 Å². The van der Waals surface area contributed by atoms with Crippen LogP contribution >= 0.6 is 8.38 Å². The number of allylic oxidation sites excluding steroid dienone is 3. The second kappa shape index (κ2) is 14.4. The van der Waals surface area contributed by atoms with Crippen LogP contribution in [0.3, 0.4) is 0 Å². The van der Waals surface area contributed by atoms with Crippen molar-refractivity contribution in [2.45, 2.75) is 39.0 Å². The molecule has 1 unspecified atom stereocenters. The van der Waals surface area contributed by atoms with Gasteiger partial charge in [-0.3, -0.25) is 0 Å². The number of rotatable bonds is 11. The molecule has 2 N–H and O–H groups in total. The zero-order chi connectivity index (χ0) is 15.1.